The van der Waals surface area contributed by atoms with Gasteiger partial charge in [-0.1, -0.05) is 128 Å². The number of allylic oxidation sites excluding steroid dienone is 4. The molecule has 1 saturated heterocycles. The minimum absolute atomic E-state index is 0.0214. The first-order valence-electron chi connectivity index (χ1n) is 26.3. The average molecular weight is 875 g/mol. The fourth-order valence-electron chi connectivity index (χ4n) is 9.11. The van der Waals surface area contributed by atoms with Crippen LogP contribution >= 0.6 is 0 Å². The normalized spacial score (nSPS) is 17.0. The molecule has 0 saturated carbocycles. The summed E-state index contributed by atoms with van der Waals surface area (Å²) in [5, 5.41) is 28.0. The summed E-state index contributed by atoms with van der Waals surface area (Å²) >= 11 is 0. The van der Waals surface area contributed by atoms with Crippen LogP contribution in [-0.4, -0.2) is 95.6 Å². The molecule has 0 bridgehead atoms. The Labute approximate surface area is 382 Å². The van der Waals surface area contributed by atoms with Gasteiger partial charge < -0.3 is 32.3 Å². The van der Waals surface area contributed by atoms with Crippen LogP contribution in [0, 0.1) is 11.8 Å². The summed E-state index contributed by atoms with van der Waals surface area (Å²) < 4.78 is 0. The van der Waals surface area contributed by atoms with E-state index >= 15 is 0 Å². The summed E-state index contributed by atoms with van der Waals surface area (Å²) in [5.74, 6) is 0.523. The Morgan fingerprint density at radius 2 is 0.774 bits per heavy atom. The van der Waals surface area contributed by atoms with Crippen molar-refractivity contribution in [2.45, 2.75) is 245 Å². The zero-order chi connectivity index (χ0) is 45.5. The zero-order valence-corrected chi connectivity index (χ0v) is 41.0. The molecule has 0 aromatic heterocycles. The Kier molecular flexibility index (Phi) is 38.2. The number of carbonyl (C=O) groups excluding carboxylic acids is 2. The van der Waals surface area contributed by atoms with Gasteiger partial charge in [-0.15, -0.1) is 0 Å². The van der Waals surface area contributed by atoms with Crippen LogP contribution in [0.2, 0.25) is 0 Å². The van der Waals surface area contributed by atoms with Crippen molar-refractivity contribution in [2.75, 3.05) is 39.3 Å². The van der Waals surface area contributed by atoms with E-state index in [4.69, 9.17) is 11.5 Å². The minimum Gasteiger partial charge on any atom is -0.390 e. The highest BCUT2D eigenvalue weighted by Crippen LogP contribution is 2.23. The lowest BCUT2D eigenvalue weighted by Crippen LogP contribution is -2.64. The number of nitrogens with two attached hydrogens (primary N) is 2. The number of unbranched alkanes of at least 4 members (excludes halogenated alkanes) is 18. The molecule has 364 valence electrons. The summed E-state index contributed by atoms with van der Waals surface area (Å²) in [6, 6.07) is 0. The maximum absolute atomic E-state index is 13.4. The van der Waals surface area contributed by atoms with Crippen molar-refractivity contribution in [2.24, 2.45) is 23.3 Å². The Bertz CT molecular complexity index is 1010. The van der Waals surface area contributed by atoms with E-state index in [9.17, 15) is 19.8 Å². The standard InChI is InChI=1S/C52H102N6O4/c1-5-7-9-11-13-15-17-19-21-23-25-27-29-33-47(35-31-37-53)43-49(61)55-51(45(3)59)57-39-41-58(42-40-57)52(46(4)60)56-50(62)44-48(36-32-38-54)34-30-28-26-24-22-20-18-16-14-12-10-8-6-2/h19-22,45-48,51-52,59-60H,5-18,23-44,53-54H2,1-4H3,(H,55,61)(H,56,62)/b21-19-,22-20?. The topological polar surface area (TPSA) is 157 Å². The van der Waals surface area contributed by atoms with Gasteiger partial charge in [-0.05, 0) is 129 Å². The molecule has 0 aromatic carbocycles. The number of carbonyl (C=O) groups is 2. The van der Waals surface area contributed by atoms with Crippen LogP contribution < -0.4 is 22.1 Å². The monoisotopic (exact) mass is 875 g/mol. The lowest BCUT2D eigenvalue weighted by atomic mass is 9.92. The Morgan fingerprint density at radius 1 is 0.484 bits per heavy atom. The van der Waals surface area contributed by atoms with Crippen LogP contribution in [0.25, 0.3) is 0 Å². The molecule has 62 heavy (non-hydrogen) atoms. The first kappa shape index (κ1) is 58.2. The maximum Gasteiger partial charge on any atom is 0.221 e. The maximum atomic E-state index is 13.4. The third kappa shape index (κ3) is 31.1. The molecule has 1 aliphatic rings. The van der Waals surface area contributed by atoms with Crippen molar-refractivity contribution < 1.29 is 19.8 Å². The van der Waals surface area contributed by atoms with E-state index in [1.54, 1.807) is 13.8 Å². The number of amides is 2. The summed E-state index contributed by atoms with van der Waals surface area (Å²) in [6.45, 7) is 11.7. The van der Waals surface area contributed by atoms with Gasteiger partial charge in [0.1, 0.15) is 12.3 Å². The van der Waals surface area contributed by atoms with E-state index < -0.39 is 24.5 Å². The quantitative estimate of drug-likeness (QED) is 0.0261. The van der Waals surface area contributed by atoms with Crippen molar-refractivity contribution in [3.8, 4) is 0 Å². The van der Waals surface area contributed by atoms with E-state index in [0.717, 1.165) is 64.2 Å². The number of nitrogens with zero attached hydrogens (tertiary/aromatic N) is 2. The summed E-state index contributed by atoms with van der Waals surface area (Å²) in [7, 11) is 0. The van der Waals surface area contributed by atoms with Gasteiger partial charge in [0.2, 0.25) is 11.8 Å². The molecule has 1 aliphatic heterocycles. The van der Waals surface area contributed by atoms with Gasteiger partial charge in [0, 0.05) is 39.0 Å². The molecule has 0 aliphatic carbocycles. The fraction of sp³-hybridized carbons (Fsp3) is 0.885. The molecule has 10 nitrogen and oxygen atoms in total. The molecule has 6 atom stereocenters. The SMILES string of the molecule is CCCCCCCCC=CCCCCCC(CCCN)CC(=O)NC(C(C)O)N1CCN(C(NC(=O)CC(CCCN)CCCCC/C=C\CCCCCCCC)C(C)O)CC1. The van der Waals surface area contributed by atoms with Crippen LogP contribution in [0.4, 0.5) is 0 Å². The van der Waals surface area contributed by atoms with Crippen LogP contribution in [0.1, 0.15) is 220 Å². The second kappa shape index (κ2) is 40.7. The average Bonchev–Trinajstić information content (AvgIpc) is 3.25. The van der Waals surface area contributed by atoms with E-state index in [1.165, 1.54) is 116 Å². The molecule has 6 unspecified atom stereocenters. The van der Waals surface area contributed by atoms with Crippen molar-refractivity contribution in [1.29, 1.82) is 0 Å². The van der Waals surface area contributed by atoms with Crippen LogP contribution in [0.15, 0.2) is 24.3 Å². The number of aliphatic hydroxyl groups is 2. The first-order chi connectivity index (χ1) is 30.2. The number of rotatable bonds is 42. The van der Waals surface area contributed by atoms with E-state index in [0.29, 0.717) is 52.1 Å². The van der Waals surface area contributed by atoms with E-state index in [1.807, 2.05) is 0 Å². The minimum atomic E-state index is -0.744. The van der Waals surface area contributed by atoms with Gasteiger partial charge in [0.15, 0.2) is 0 Å². The third-order valence-electron chi connectivity index (χ3n) is 13.0. The Morgan fingerprint density at radius 3 is 1.08 bits per heavy atom. The van der Waals surface area contributed by atoms with Gasteiger partial charge in [0.05, 0.1) is 12.2 Å². The van der Waals surface area contributed by atoms with Gasteiger partial charge >= 0.3 is 0 Å². The third-order valence-corrected chi connectivity index (χ3v) is 13.0. The van der Waals surface area contributed by atoms with E-state index in [-0.39, 0.29) is 23.7 Å². The molecule has 2 amide bonds. The van der Waals surface area contributed by atoms with Crippen molar-refractivity contribution in [3.05, 3.63) is 24.3 Å². The molecular weight excluding hydrogens is 773 g/mol. The largest absolute Gasteiger partial charge is 0.390 e. The molecule has 8 N–H and O–H groups in total. The van der Waals surface area contributed by atoms with Crippen LogP contribution in [-0.2, 0) is 9.59 Å². The van der Waals surface area contributed by atoms with Gasteiger partial charge in [-0.3, -0.25) is 19.4 Å². The smallest absolute Gasteiger partial charge is 0.221 e. The lowest BCUT2D eigenvalue weighted by Gasteiger charge is -2.44. The van der Waals surface area contributed by atoms with Crippen molar-refractivity contribution >= 4 is 11.8 Å². The predicted molar refractivity (Wildman–Crippen MR) is 264 cm³/mol. The fourth-order valence-corrected chi connectivity index (χ4v) is 9.11. The highest BCUT2D eigenvalue weighted by molar-refractivity contribution is 5.77. The lowest BCUT2D eigenvalue weighted by molar-refractivity contribution is -0.129. The molecule has 0 radical (unpaired) electrons. The Balaban J connectivity index is 2.53. The zero-order valence-electron chi connectivity index (χ0n) is 41.0. The van der Waals surface area contributed by atoms with Gasteiger partial charge in [-0.25, -0.2) is 0 Å². The number of hydrogen-bond donors (Lipinski definition) is 6. The first-order valence-corrected chi connectivity index (χ1v) is 26.3. The highest BCUT2D eigenvalue weighted by atomic mass is 16.3. The van der Waals surface area contributed by atoms with Gasteiger partial charge in [0.25, 0.3) is 0 Å². The number of hydrogen-bond acceptors (Lipinski definition) is 8. The summed E-state index contributed by atoms with van der Waals surface area (Å²) in [5.41, 5.74) is 11.7. The number of nitrogens with one attached hydrogen (secondary N) is 2. The molecule has 0 aromatic rings. The highest BCUT2D eigenvalue weighted by Gasteiger charge is 2.33. The van der Waals surface area contributed by atoms with Crippen molar-refractivity contribution in [1.82, 2.24) is 20.4 Å². The number of aliphatic hydroxyl groups excluding tert-OH is 2. The second-order valence-corrected chi connectivity index (χ2v) is 18.9. The molecular formula is C52H102N6O4. The van der Waals surface area contributed by atoms with E-state index in [2.05, 4.69) is 58.6 Å². The summed E-state index contributed by atoms with van der Waals surface area (Å²) in [4.78, 5) is 31.1. The Hall–Kier alpha value is -1.82. The van der Waals surface area contributed by atoms with Crippen LogP contribution in [0.5, 0.6) is 0 Å². The molecule has 1 heterocycles. The second-order valence-electron chi connectivity index (χ2n) is 18.9. The van der Waals surface area contributed by atoms with Gasteiger partial charge in [-0.2, -0.15) is 0 Å². The number of piperazine rings is 1. The molecule has 10 heteroatoms. The van der Waals surface area contributed by atoms with Crippen LogP contribution in [0.3, 0.4) is 0 Å². The summed E-state index contributed by atoms with van der Waals surface area (Å²) in [6.07, 6.45) is 41.3. The predicted octanol–water partition coefficient (Wildman–Crippen LogP) is 10.3. The molecule has 1 fully saturated rings. The van der Waals surface area contributed by atoms with Crippen molar-refractivity contribution in [3.63, 3.8) is 0 Å². The molecule has 0 spiro atoms. The molecule has 1 rings (SSSR count).